The molecule has 0 atom stereocenters. The van der Waals surface area contributed by atoms with Crippen molar-refractivity contribution in [3.63, 3.8) is 0 Å². The van der Waals surface area contributed by atoms with Crippen molar-refractivity contribution in [2.75, 3.05) is 7.11 Å². The third-order valence-electron chi connectivity index (χ3n) is 2.01. The maximum absolute atomic E-state index is 13.2. The Hall–Kier alpha value is -1.63. The van der Waals surface area contributed by atoms with Gasteiger partial charge in [-0.1, -0.05) is 0 Å². The second-order valence-corrected chi connectivity index (χ2v) is 4.51. The van der Waals surface area contributed by atoms with E-state index in [-0.39, 0.29) is 5.56 Å². The van der Waals surface area contributed by atoms with E-state index in [0.717, 1.165) is 19.2 Å². The van der Waals surface area contributed by atoms with Gasteiger partial charge >= 0.3 is 0 Å². The summed E-state index contributed by atoms with van der Waals surface area (Å²) in [5.41, 5.74) is -0.103. The SMILES string of the molecule is COc1c(F)ccc2c1S(=O)(=O)NC2=O. The molecule has 15 heavy (non-hydrogen) atoms. The van der Waals surface area contributed by atoms with Crippen LogP contribution in [0.5, 0.6) is 5.75 Å². The minimum Gasteiger partial charge on any atom is -0.492 e. The van der Waals surface area contributed by atoms with Crippen LogP contribution in [0.2, 0.25) is 0 Å². The van der Waals surface area contributed by atoms with Crippen molar-refractivity contribution < 1.29 is 22.3 Å². The van der Waals surface area contributed by atoms with E-state index >= 15 is 0 Å². The van der Waals surface area contributed by atoms with Gasteiger partial charge in [0.25, 0.3) is 15.9 Å². The topological polar surface area (TPSA) is 72.5 Å². The summed E-state index contributed by atoms with van der Waals surface area (Å²) in [6, 6.07) is 2.09. The predicted octanol–water partition coefficient (Wildman–Crippen LogP) is 0.266. The summed E-state index contributed by atoms with van der Waals surface area (Å²) in [5.74, 6) is -2.04. The van der Waals surface area contributed by atoms with Crippen LogP contribution in [0.3, 0.4) is 0 Å². The Kier molecular flexibility index (Phi) is 1.93. The number of fused-ring (bicyclic) bond motifs is 1. The van der Waals surface area contributed by atoms with E-state index in [1.807, 2.05) is 0 Å². The normalized spacial score (nSPS) is 17.1. The van der Waals surface area contributed by atoms with Gasteiger partial charge in [0, 0.05) is 0 Å². The molecule has 0 radical (unpaired) electrons. The molecule has 0 bridgehead atoms. The number of sulfonamides is 1. The molecule has 0 fully saturated rings. The zero-order chi connectivity index (χ0) is 11.2. The number of carbonyl (C=O) groups is 1. The van der Waals surface area contributed by atoms with E-state index in [0.29, 0.717) is 0 Å². The molecule has 0 saturated heterocycles. The predicted molar refractivity (Wildman–Crippen MR) is 47.6 cm³/mol. The highest BCUT2D eigenvalue weighted by molar-refractivity contribution is 7.90. The smallest absolute Gasteiger partial charge is 0.268 e. The number of ether oxygens (including phenoxy) is 1. The molecule has 0 aliphatic carbocycles. The fourth-order valence-corrected chi connectivity index (χ4v) is 2.73. The number of nitrogens with one attached hydrogen (secondary N) is 1. The molecular formula is C8H6FNO4S. The first-order valence-corrected chi connectivity index (χ1v) is 5.39. The number of methoxy groups -OCH3 is 1. The first-order chi connectivity index (χ1) is 6.97. The van der Waals surface area contributed by atoms with E-state index in [4.69, 9.17) is 0 Å². The molecule has 1 aromatic rings. The van der Waals surface area contributed by atoms with Gasteiger partial charge in [0.2, 0.25) is 0 Å². The van der Waals surface area contributed by atoms with E-state index in [1.54, 1.807) is 4.72 Å². The molecule has 0 aromatic heterocycles. The molecule has 1 aliphatic heterocycles. The number of benzene rings is 1. The molecule has 5 nitrogen and oxygen atoms in total. The number of carbonyl (C=O) groups excluding carboxylic acids is 1. The van der Waals surface area contributed by atoms with Crippen molar-refractivity contribution in [1.82, 2.24) is 4.72 Å². The van der Waals surface area contributed by atoms with Crippen molar-refractivity contribution >= 4 is 15.9 Å². The zero-order valence-electron chi connectivity index (χ0n) is 7.57. The van der Waals surface area contributed by atoms with Crippen LogP contribution in [-0.2, 0) is 10.0 Å². The number of hydrogen-bond acceptors (Lipinski definition) is 4. The Morgan fingerprint density at radius 2 is 2.07 bits per heavy atom. The van der Waals surface area contributed by atoms with Crippen LogP contribution in [0.1, 0.15) is 10.4 Å². The number of rotatable bonds is 1. The number of amides is 1. The van der Waals surface area contributed by atoms with E-state index < -0.39 is 32.4 Å². The molecule has 80 valence electrons. The maximum Gasteiger partial charge on any atom is 0.268 e. The van der Waals surface area contributed by atoms with Crippen LogP contribution in [0.4, 0.5) is 4.39 Å². The fourth-order valence-electron chi connectivity index (χ4n) is 1.40. The molecule has 1 N–H and O–H groups in total. The lowest BCUT2D eigenvalue weighted by Crippen LogP contribution is -2.20. The van der Waals surface area contributed by atoms with Gasteiger partial charge in [0.15, 0.2) is 11.6 Å². The Labute approximate surface area is 84.9 Å². The first kappa shape index (κ1) is 9.91. The van der Waals surface area contributed by atoms with Gasteiger partial charge < -0.3 is 4.74 Å². The van der Waals surface area contributed by atoms with E-state index in [1.165, 1.54) is 0 Å². The molecule has 2 rings (SSSR count). The van der Waals surface area contributed by atoms with E-state index in [9.17, 15) is 17.6 Å². The minimum atomic E-state index is -3.98. The van der Waals surface area contributed by atoms with Crippen molar-refractivity contribution in [3.8, 4) is 5.75 Å². The Balaban J connectivity index is 2.87. The molecule has 1 aromatic carbocycles. The van der Waals surface area contributed by atoms with Crippen LogP contribution < -0.4 is 9.46 Å². The summed E-state index contributed by atoms with van der Waals surface area (Å²) in [6.07, 6.45) is 0. The summed E-state index contributed by atoms with van der Waals surface area (Å²) in [6.45, 7) is 0. The highest BCUT2D eigenvalue weighted by Gasteiger charge is 2.37. The zero-order valence-corrected chi connectivity index (χ0v) is 8.39. The van der Waals surface area contributed by atoms with Crippen molar-refractivity contribution in [2.45, 2.75) is 4.90 Å². The van der Waals surface area contributed by atoms with Crippen LogP contribution in [0.15, 0.2) is 17.0 Å². The number of hydrogen-bond donors (Lipinski definition) is 1. The second-order valence-electron chi connectivity index (χ2n) is 2.89. The second kappa shape index (κ2) is 2.93. The summed E-state index contributed by atoms with van der Waals surface area (Å²) in [4.78, 5) is 10.8. The quantitative estimate of drug-likeness (QED) is 0.752. The molecule has 1 aliphatic rings. The van der Waals surface area contributed by atoms with Crippen LogP contribution in [-0.4, -0.2) is 21.4 Å². The van der Waals surface area contributed by atoms with Crippen molar-refractivity contribution in [1.29, 1.82) is 0 Å². The Morgan fingerprint density at radius 3 is 2.67 bits per heavy atom. The van der Waals surface area contributed by atoms with Crippen LogP contribution in [0, 0.1) is 5.82 Å². The first-order valence-electron chi connectivity index (χ1n) is 3.91. The van der Waals surface area contributed by atoms with Gasteiger partial charge in [-0.05, 0) is 12.1 Å². The van der Waals surface area contributed by atoms with Gasteiger partial charge in [-0.25, -0.2) is 17.5 Å². The molecule has 7 heteroatoms. The van der Waals surface area contributed by atoms with Crippen LogP contribution >= 0.6 is 0 Å². The third-order valence-corrected chi connectivity index (χ3v) is 3.41. The Bertz CT molecular complexity index is 552. The standard InChI is InChI=1S/C8H6FNO4S/c1-14-6-5(9)3-2-4-7(6)15(12,13)10-8(4)11/h2-3H,1H3,(H,10,11). The summed E-state index contributed by atoms with van der Waals surface area (Å²) >= 11 is 0. The molecule has 0 saturated carbocycles. The lowest BCUT2D eigenvalue weighted by molar-refractivity contribution is 0.0984. The van der Waals surface area contributed by atoms with E-state index in [2.05, 4.69) is 4.74 Å². The van der Waals surface area contributed by atoms with Crippen LogP contribution in [0.25, 0.3) is 0 Å². The van der Waals surface area contributed by atoms with Gasteiger partial charge in [-0.2, -0.15) is 0 Å². The van der Waals surface area contributed by atoms with Gasteiger partial charge in [-0.3, -0.25) is 4.79 Å². The van der Waals surface area contributed by atoms with Gasteiger partial charge in [0.05, 0.1) is 12.7 Å². The Morgan fingerprint density at radius 1 is 1.40 bits per heavy atom. The summed E-state index contributed by atoms with van der Waals surface area (Å²) in [5, 5.41) is 0. The lowest BCUT2D eigenvalue weighted by atomic mass is 10.2. The minimum absolute atomic E-state index is 0.103. The summed E-state index contributed by atoms with van der Waals surface area (Å²) in [7, 11) is -2.85. The van der Waals surface area contributed by atoms with Crippen molar-refractivity contribution in [3.05, 3.63) is 23.5 Å². The lowest BCUT2D eigenvalue weighted by Gasteiger charge is -2.05. The monoisotopic (exact) mass is 231 g/mol. The molecule has 1 heterocycles. The summed E-state index contributed by atoms with van der Waals surface area (Å²) < 4.78 is 42.4. The molecule has 0 unspecified atom stereocenters. The van der Waals surface area contributed by atoms with Gasteiger partial charge in [-0.15, -0.1) is 0 Å². The average molecular weight is 231 g/mol. The highest BCUT2D eigenvalue weighted by atomic mass is 32.2. The van der Waals surface area contributed by atoms with Crippen molar-refractivity contribution in [2.24, 2.45) is 0 Å². The highest BCUT2D eigenvalue weighted by Crippen LogP contribution is 2.33. The largest absolute Gasteiger partial charge is 0.492 e. The molecule has 1 amide bonds. The fraction of sp³-hybridized carbons (Fsp3) is 0.125. The average Bonchev–Trinajstić information content (AvgIpc) is 2.37. The maximum atomic E-state index is 13.2. The van der Waals surface area contributed by atoms with Gasteiger partial charge in [0.1, 0.15) is 4.90 Å². The molecular weight excluding hydrogens is 225 g/mol. The third kappa shape index (κ3) is 1.27. The number of halogens is 1. The molecule has 0 spiro atoms.